The number of benzene rings is 3. The molecule has 1 fully saturated rings. The Hall–Kier alpha value is -5.30. The topological polar surface area (TPSA) is 105 Å². The van der Waals surface area contributed by atoms with Gasteiger partial charge in [-0.15, -0.1) is 11.3 Å². The molecule has 1 atom stereocenters. The van der Waals surface area contributed by atoms with Gasteiger partial charge in [0.2, 0.25) is 11.8 Å². The summed E-state index contributed by atoms with van der Waals surface area (Å²) >= 11 is 1.27. The maximum Gasteiger partial charge on any atom is 0.417 e. The zero-order valence-electron chi connectivity index (χ0n) is 29.3. The Morgan fingerprint density at radius 1 is 0.925 bits per heavy atom. The van der Waals surface area contributed by atoms with Crippen molar-refractivity contribution in [2.24, 2.45) is 0 Å². The van der Waals surface area contributed by atoms with Crippen LogP contribution in [0.15, 0.2) is 72.9 Å². The molecule has 5 aromatic rings. The minimum absolute atomic E-state index is 0.0617. The van der Waals surface area contributed by atoms with E-state index in [0.717, 1.165) is 53.7 Å². The Morgan fingerprint density at radius 2 is 1.72 bits per heavy atom. The van der Waals surface area contributed by atoms with Gasteiger partial charge in [-0.3, -0.25) is 19.7 Å². The highest BCUT2D eigenvalue weighted by atomic mass is 32.1. The van der Waals surface area contributed by atoms with E-state index in [-0.39, 0.29) is 23.8 Å². The van der Waals surface area contributed by atoms with E-state index in [1.54, 1.807) is 36.5 Å². The number of pyridine rings is 1. The molecule has 0 aliphatic carbocycles. The molecule has 0 bridgehead atoms. The van der Waals surface area contributed by atoms with Gasteiger partial charge in [-0.2, -0.15) is 13.2 Å². The predicted molar refractivity (Wildman–Crippen MR) is 198 cm³/mol. The Labute approximate surface area is 308 Å². The van der Waals surface area contributed by atoms with Crippen LogP contribution in [0.3, 0.4) is 0 Å². The molecule has 7 rings (SSSR count). The van der Waals surface area contributed by atoms with Crippen molar-refractivity contribution >= 4 is 45.1 Å². The van der Waals surface area contributed by atoms with Crippen LogP contribution < -0.4 is 15.0 Å². The molecule has 2 aliphatic heterocycles. The zero-order valence-corrected chi connectivity index (χ0v) is 30.2. The van der Waals surface area contributed by atoms with Gasteiger partial charge in [0, 0.05) is 49.9 Å². The van der Waals surface area contributed by atoms with Gasteiger partial charge in [0.05, 0.1) is 22.4 Å². The molecule has 1 saturated heterocycles. The van der Waals surface area contributed by atoms with E-state index < -0.39 is 23.7 Å². The largest absolute Gasteiger partial charge is 0.494 e. The van der Waals surface area contributed by atoms with Crippen LogP contribution in [0.2, 0.25) is 0 Å². The highest BCUT2D eigenvalue weighted by Crippen LogP contribution is 2.42. The molecule has 4 heterocycles. The number of carbonyl (C=O) groups excluding carboxylic acids is 3. The molecule has 3 amide bonds. The van der Waals surface area contributed by atoms with Crippen LogP contribution in [0, 0.1) is 0 Å². The number of unbranched alkanes of at least 4 members (excludes halogenated alkanes) is 3. The van der Waals surface area contributed by atoms with E-state index in [4.69, 9.17) is 4.74 Å². The normalized spacial score (nSPS) is 15.9. The van der Waals surface area contributed by atoms with E-state index >= 15 is 0 Å². The molecule has 1 unspecified atom stereocenters. The third-order valence-electron chi connectivity index (χ3n) is 9.67. The third kappa shape index (κ3) is 7.90. The van der Waals surface area contributed by atoms with Crippen molar-refractivity contribution in [2.45, 2.75) is 63.7 Å². The molecule has 9 nitrogen and oxygen atoms in total. The lowest BCUT2D eigenvalue weighted by atomic mass is 10.00. The van der Waals surface area contributed by atoms with Crippen molar-refractivity contribution in [2.75, 3.05) is 25.6 Å². The molecule has 13 heteroatoms. The Kier molecular flexibility index (Phi) is 10.2. The van der Waals surface area contributed by atoms with Crippen LogP contribution in [0.1, 0.15) is 65.6 Å². The lowest BCUT2D eigenvalue weighted by molar-refractivity contribution is -0.138. The first-order valence-electron chi connectivity index (χ1n) is 17.6. The van der Waals surface area contributed by atoms with E-state index in [1.807, 2.05) is 43.3 Å². The van der Waals surface area contributed by atoms with Crippen LogP contribution in [-0.2, 0) is 28.7 Å². The fourth-order valence-electron chi connectivity index (χ4n) is 6.82. The quantitative estimate of drug-likeness (QED) is 0.102. The van der Waals surface area contributed by atoms with Gasteiger partial charge in [-0.1, -0.05) is 31.0 Å². The smallest absolute Gasteiger partial charge is 0.417 e. The van der Waals surface area contributed by atoms with Crippen LogP contribution in [0.25, 0.3) is 31.9 Å². The molecular formula is C40H38F3N5O4S. The zero-order chi connectivity index (χ0) is 37.3. The summed E-state index contributed by atoms with van der Waals surface area (Å²) in [5.41, 5.74) is 3.53. The maximum absolute atomic E-state index is 14.3. The average molecular weight is 742 g/mol. The molecule has 1 N–H and O–H groups in total. The minimum atomic E-state index is -4.56. The predicted octanol–water partition coefficient (Wildman–Crippen LogP) is 8.05. The molecule has 2 aliphatic rings. The number of anilines is 1. The number of amides is 3. The van der Waals surface area contributed by atoms with Crippen molar-refractivity contribution < 1.29 is 32.3 Å². The number of nitrogens with zero attached hydrogens (tertiary/aromatic N) is 4. The number of alkyl halides is 3. The second-order valence-corrected chi connectivity index (χ2v) is 14.6. The van der Waals surface area contributed by atoms with Crippen molar-refractivity contribution in [1.82, 2.24) is 20.2 Å². The molecule has 2 aromatic heterocycles. The van der Waals surface area contributed by atoms with Crippen molar-refractivity contribution in [3.05, 3.63) is 95.2 Å². The second kappa shape index (κ2) is 15.0. The third-order valence-corrected chi connectivity index (χ3v) is 10.7. The molecule has 53 heavy (non-hydrogen) atoms. The SMILES string of the molecule is CN(C)c1ccc(-c2ccc(-c3nc4ccc(CCCCCCOc5ccc6c(c5)CN(C5CCC(=O)NC5=O)C6=O)cc4s3)c(C(F)(F)F)c2)cn1. The Balaban J connectivity index is 0.905. The first kappa shape index (κ1) is 36.1. The minimum Gasteiger partial charge on any atom is -0.494 e. The molecule has 3 aromatic carbocycles. The monoisotopic (exact) mass is 741 g/mol. The summed E-state index contributed by atoms with van der Waals surface area (Å²) in [6, 6.07) is 18.5. The summed E-state index contributed by atoms with van der Waals surface area (Å²) in [5.74, 6) is 0.434. The van der Waals surface area contributed by atoms with Gasteiger partial charge in [0.15, 0.2) is 0 Å². The number of hydrogen-bond donors (Lipinski definition) is 1. The van der Waals surface area contributed by atoms with Crippen LogP contribution in [-0.4, -0.2) is 59.3 Å². The van der Waals surface area contributed by atoms with Crippen molar-refractivity contribution in [3.8, 4) is 27.4 Å². The summed E-state index contributed by atoms with van der Waals surface area (Å²) < 4.78 is 49.8. The molecule has 0 radical (unpaired) electrons. The van der Waals surface area contributed by atoms with Crippen molar-refractivity contribution in [1.29, 1.82) is 0 Å². The summed E-state index contributed by atoms with van der Waals surface area (Å²) in [7, 11) is 3.71. The standard InChI is InChI=1S/C40H38F3N5O4S/c1-47(2)35-16-10-26(22-44-35)25-9-12-30(31(21-25)40(41,42)43)38-45-32-14-8-24(19-34(32)53-38)7-5-3-4-6-18-52-28-11-13-29-27(20-28)23-48(39(29)51)33-15-17-36(49)46-37(33)50/h8-14,16,19-22,33H,3-7,15,17-18,23H2,1-2H3,(H,46,49,50). The van der Waals surface area contributed by atoms with Gasteiger partial charge in [0.25, 0.3) is 5.91 Å². The summed E-state index contributed by atoms with van der Waals surface area (Å²) in [6.45, 7) is 0.832. The molecule has 0 spiro atoms. The highest BCUT2D eigenvalue weighted by molar-refractivity contribution is 7.21. The van der Waals surface area contributed by atoms with Gasteiger partial charge in [0.1, 0.15) is 22.6 Å². The lowest BCUT2D eigenvalue weighted by Gasteiger charge is -2.29. The Morgan fingerprint density at radius 3 is 2.47 bits per heavy atom. The number of rotatable bonds is 12. The number of nitrogens with one attached hydrogen (secondary N) is 1. The number of thiazole rings is 1. The molecular weight excluding hydrogens is 704 g/mol. The van der Waals surface area contributed by atoms with Gasteiger partial charge >= 0.3 is 6.18 Å². The van der Waals surface area contributed by atoms with Gasteiger partial charge < -0.3 is 14.5 Å². The second-order valence-electron chi connectivity index (χ2n) is 13.6. The van der Waals surface area contributed by atoms with E-state index in [9.17, 15) is 27.6 Å². The van der Waals surface area contributed by atoms with E-state index in [1.165, 1.54) is 28.4 Å². The van der Waals surface area contributed by atoms with E-state index in [0.29, 0.717) is 52.5 Å². The summed E-state index contributed by atoms with van der Waals surface area (Å²) in [4.78, 5) is 49.0. The maximum atomic E-state index is 14.3. The highest BCUT2D eigenvalue weighted by Gasteiger charge is 2.39. The van der Waals surface area contributed by atoms with Gasteiger partial charge in [-0.25, -0.2) is 9.97 Å². The van der Waals surface area contributed by atoms with Gasteiger partial charge in [-0.05, 0) is 90.9 Å². The number of hydrogen-bond acceptors (Lipinski definition) is 8. The number of fused-ring (bicyclic) bond motifs is 2. The number of halogens is 3. The van der Waals surface area contributed by atoms with Crippen LogP contribution in [0.5, 0.6) is 5.75 Å². The van der Waals surface area contributed by atoms with E-state index in [2.05, 4.69) is 15.3 Å². The van der Waals surface area contributed by atoms with Crippen LogP contribution >= 0.6 is 11.3 Å². The first-order chi connectivity index (χ1) is 25.4. The lowest BCUT2D eigenvalue weighted by Crippen LogP contribution is -2.52. The fourth-order valence-corrected chi connectivity index (χ4v) is 7.89. The van der Waals surface area contributed by atoms with Crippen LogP contribution in [0.4, 0.5) is 19.0 Å². The number of imide groups is 1. The number of piperidine rings is 1. The average Bonchev–Trinajstić information content (AvgIpc) is 3.70. The number of ether oxygens (including phenoxy) is 1. The number of carbonyl (C=O) groups is 3. The van der Waals surface area contributed by atoms with Crippen molar-refractivity contribution in [3.63, 3.8) is 0 Å². The number of aryl methyl sites for hydroxylation is 1. The number of aromatic nitrogens is 2. The molecule has 274 valence electrons. The summed E-state index contributed by atoms with van der Waals surface area (Å²) in [5, 5.41) is 2.65. The summed E-state index contributed by atoms with van der Waals surface area (Å²) in [6.07, 6.45) is 2.17. The Bertz CT molecular complexity index is 2180. The first-order valence-corrected chi connectivity index (χ1v) is 18.4. The molecule has 0 saturated carbocycles. The fraction of sp³-hybridized carbons (Fsp3) is 0.325.